The zero-order valence-corrected chi connectivity index (χ0v) is 9.05. The second-order valence-electron chi connectivity index (χ2n) is 3.56. The molecule has 0 aromatic carbocycles. The molecule has 0 aliphatic heterocycles. The van der Waals surface area contributed by atoms with Gasteiger partial charge in [-0.05, 0) is 12.8 Å². The second-order valence-corrected chi connectivity index (χ2v) is 3.56. The van der Waals surface area contributed by atoms with Gasteiger partial charge in [0.15, 0.2) is 0 Å². The van der Waals surface area contributed by atoms with Crippen molar-refractivity contribution in [2.24, 2.45) is 0 Å². The third-order valence-electron chi connectivity index (χ3n) is 2.21. The van der Waals surface area contributed by atoms with Crippen molar-refractivity contribution >= 4 is 11.7 Å². The molecule has 0 aromatic rings. The highest BCUT2D eigenvalue weighted by Crippen LogP contribution is 2.07. The summed E-state index contributed by atoms with van der Waals surface area (Å²) in [4.78, 5) is 21.0. The van der Waals surface area contributed by atoms with Gasteiger partial charge in [-0.25, -0.2) is 4.79 Å². The Bertz CT molecular complexity index is 190. The predicted octanol–water partition coefficient (Wildman–Crippen LogP) is 3.08. The van der Waals surface area contributed by atoms with E-state index in [4.69, 9.17) is 0 Å². The summed E-state index contributed by atoms with van der Waals surface area (Å²) in [6.45, 7) is 2.18. The van der Waals surface area contributed by atoms with Crippen LogP contribution in [-0.2, 0) is 9.59 Å². The Hall–Kier alpha value is -0.880. The van der Waals surface area contributed by atoms with Crippen LogP contribution in [0.3, 0.4) is 0 Å². The van der Waals surface area contributed by atoms with Crippen LogP contribution in [0, 0.1) is 0 Å². The Balaban J connectivity index is 3.22. The molecule has 0 spiro atoms. The number of ketones is 1. The van der Waals surface area contributed by atoms with Crippen LogP contribution in [0.1, 0.15) is 58.3 Å². The second kappa shape index (κ2) is 10.2. The lowest BCUT2D eigenvalue weighted by atomic mass is 10.1. The Kier molecular flexibility index (Phi) is 9.56. The molecule has 0 aromatic heterocycles. The zero-order valence-electron chi connectivity index (χ0n) is 9.05. The summed E-state index contributed by atoms with van der Waals surface area (Å²) in [6, 6.07) is 0. The van der Waals surface area contributed by atoms with E-state index < -0.39 is 0 Å². The molecule has 0 radical (unpaired) electrons. The molecular formula is C12H20O2. The molecular weight excluding hydrogens is 176 g/mol. The Labute approximate surface area is 86.4 Å². The third kappa shape index (κ3) is 9.21. The van der Waals surface area contributed by atoms with Crippen molar-refractivity contribution in [1.29, 1.82) is 0 Å². The molecule has 0 bridgehead atoms. The van der Waals surface area contributed by atoms with Gasteiger partial charge < -0.3 is 0 Å². The van der Waals surface area contributed by atoms with E-state index in [1.165, 1.54) is 25.3 Å². The van der Waals surface area contributed by atoms with E-state index in [1.54, 1.807) is 5.94 Å². The number of rotatable bonds is 9. The molecule has 14 heavy (non-hydrogen) atoms. The molecule has 80 valence electrons. The van der Waals surface area contributed by atoms with E-state index in [0.717, 1.165) is 12.8 Å². The number of Topliss-reactive ketones (excluding diaryl/α,β-unsaturated/α-hetero) is 1. The van der Waals surface area contributed by atoms with E-state index in [9.17, 15) is 9.59 Å². The zero-order chi connectivity index (χ0) is 10.6. The molecule has 0 atom stereocenters. The first-order chi connectivity index (χ1) is 6.81. The number of carbonyl (C=O) groups is 1. The van der Waals surface area contributed by atoms with Crippen molar-refractivity contribution in [2.45, 2.75) is 58.3 Å². The molecule has 0 N–H and O–H groups in total. The Morgan fingerprint density at radius 1 is 1.14 bits per heavy atom. The molecule has 2 heteroatoms. The van der Waals surface area contributed by atoms with Gasteiger partial charge in [-0.1, -0.05) is 32.6 Å². The molecule has 0 saturated carbocycles. The van der Waals surface area contributed by atoms with Crippen LogP contribution in [0.25, 0.3) is 0 Å². The van der Waals surface area contributed by atoms with Crippen LogP contribution in [0.15, 0.2) is 6.08 Å². The summed E-state index contributed by atoms with van der Waals surface area (Å²) in [5, 5.41) is 0. The minimum absolute atomic E-state index is 0.271. The lowest BCUT2D eigenvalue weighted by Gasteiger charge is -1.98. The van der Waals surface area contributed by atoms with Crippen LogP contribution in [0.5, 0.6) is 0 Å². The van der Waals surface area contributed by atoms with Crippen molar-refractivity contribution in [3.05, 3.63) is 6.08 Å². The summed E-state index contributed by atoms with van der Waals surface area (Å²) < 4.78 is 0. The Morgan fingerprint density at radius 3 is 2.50 bits per heavy atom. The predicted molar refractivity (Wildman–Crippen MR) is 57.9 cm³/mol. The lowest BCUT2D eigenvalue weighted by Crippen LogP contribution is -1.96. The first-order valence-corrected chi connectivity index (χ1v) is 5.52. The van der Waals surface area contributed by atoms with Gasteiger partial charge in [-0.15, -0.1) is 0 Å². The number of hydrogen-bond donors (Lipinski definition) is 0. The fourth-order valence-corrected chi connectivity index (χ4v) is 1.34. The SMILES string of the molecule is CCCCCCCC(=O)CCC=C=O. The maximum Gasteiger partial charge on any atom is 0.133 e. The topological polar surface area (TPSA) is 34.1 Å². The van der Waals surface area contributed by atoms with Crippen molar-refractivity contribution in [1.82, 2.24) is 0 Å². The minimum Gasteiger partial charge on any atom is -0.300 e. The number of allylic oxidation sites excluding steroid dienone is 1. The van der Waals surface area contributed by atoms with E-state index in [1.807, 2.05) is 0 Å². The van der Waals surface area contributed by atoms with E-state index in [-0.39, 0.29) is 5.78 Å². The highest BCUT2D eigenvalue weighted by atomic mass is 16.1. The highest BCUT2D eigenvalue weighted by molar-refractivity contribution is 5.78. The van der Waals surface area contributed by atoms with Gasteiger partial charge in [0, 0.05) is 18.9 Å². The minimum atomic E-state index is 0.271. The van der Waals surface area contributed by atoms with Crippen molar-refractivity contribution in [3.63, 3.8) is 0 Å². The van der Waals surface area contributed by atoms with Crippen LogP contribution in [0.4, 0.5) is 0 Å². The quantitative estimate of drug-likeness (QED) is 0.419. The molecule has 0 rings (SSSR count). The average molecular weight is 196 g/mol. The summed E-state index contributed by atoms with van der Waals surface area (Å²) in [5.74, 6) is 1.95. The van der Waals surface area contributed by atoms with Gasteiger partial charge in [0.1, 0.15) is 11.7 Å². The van der Waals surface area contributed by atoms with E-state index in [0.29, 0.717) is 19.3 Å². The number of hydrogen-bond acceptors (Lipinski definition) is 2. The Morgan fingerprint density at radius 2 is 1.86 bits per heavy atom. The molecule has 0 aliphatic rings. The monoisotopic (exact) mass is 196 g/mol. The summed E-state index contributed by atoms with van der Waals surface area (Å²) in [6.07, 6.45) is 9.01. The molecule has 0 heterocycles. The first kappa shape index (κ1) is 13.1. The van der Waals surface area contributed by atoms with Gasteiger partial charge in [0.05, 0.1) is 0 Å². The maximum atomic E-state index is 11.2. The molecule has 0 saturated heterocycles. The molecule has 0 unspecified atom stereocenters. The van der Waals surface area contributed by atoms with Crippen LogP contribution in [-0.4, -0.2) is 11.7 Å². The van der Waals surface area contributed by atoms with Gasteiger partial charge in [0.25, 0.3) is 0 Å². The summed E-state index contributed by atoms with van der Waals surface area (Å²) >= 11 is 0. The van der Waals surface area contributed by atoms with Gasteiger partial charge >= 0.3 is 0 Å². The summed E-state index contributed by atoms with van der Waals surface area (Å²) in [7, 11) is 0. The average Bonchev–Trinajstić information content (AvgIpc) is 2.18. The molecule has 2 nitrogen and oxygen atoms in total. The maximum absolute atomic E-state index is 11.2. The van der Waals surface area contributed by atoms with Crippen molar-refractivity contribution < 1.29 is 9.59 Å². The van der Waals surface area contributed by atoms with E-state index in [2.05, 4.69) is 6.92 Å². The summed E-state index contributed by atoms with van der Waals surface area (Å²) in [5.41, 5.74) is 0. The first-order valence-electron chi connectivity index (χ1n) is 5.52. The molecule has 0 aliphatic carbocycles. The largest absolute Gasteiger partial charge is 0.300 e. The van der Waals surface area contributed by atoms with Gasteiger partial charge in [-0.3, -0.25) is 4.79 Å². The smallest absolute Gasteiger partial charge is 0.133 e. The van der Waals surface area contributed by atoms with Crippen LogP contribution >= 0.6 is 0 Å². The number of carbonyl (C=O) groups excluding carboxylic acids is 2. The van der Waals surface area contributed by atoms with Crippen molar-refractivity contribution in [3.8, 4) is 0 Å². The van der Waals surface area contributed by atoms with Gasteiger partial charge in [0.2, 0.25) is 0 Å². The van der Waals surface area contributed by atoms with Crippen LogP contribution in [0.2, 0.25) is 0 Å². The fourth-order valence-electron chi connectivity index (χ4n) is 1.34. The normalized spacial score (nSPS) is 9.50. The molecule has 0 amide bonds. The van der Waals surface area contributed by atoms with Crippen LogP contribution < -0.4 is 0 Å². The van der Waals surface area contributed by atoms with E-state index >= 15 is 0 Å². The third-order valence-corrected chi connectivity index (χ3v) is 2.21. The lowest BCUT2D eigenvalue weighted by molar-refractivity contribution is -0.119. The number of unbranched alkanes of at least 4 members (excludes halogenated alkanes) is 4. The van der Waals surface area contributed by atoms with Gasteiger partial charge in [-0.2, -0.15) is 0 Å². The fraction of sp³-hybridized carbons (Fsp3) is 0.750. The highest BCUT2D eigenvalue weighted by Gasteiger charge is 1.99. The molecule has 0 fully saturated rings. The van der Waals surface area contributed by atoms with Crippen molar-refractivity contribution in [2.75, 3.05) is 0 Å². The standard InChI is InChI=1S/C12H20O2/c1-2-3-4-5-6-9-12(14)10-7-8-11-13/h8H,2-7,9-10H2,1H3.